The molecule has 1 amide bonds. The summed E-state index contributed by atoms with van der Waals surface area (Å²) >= 11 is 0. The Kier molecular flexibility index (Phi) is 5.86. The van der Waals surface area contributed by atoms with Crippen molar-refractivity contribution in [2.45, 2.75) is 12.1 Å². The van der Waals surface area contributed by atoms with Gasteiger partial charge < -0.3 is 4.74 Å². The van der Waals surface area contributed by atoms with E-state index in [2.05, 4.69) is 12.1 Å². The normalized spacial score (nSPS) is 18.2. The zero-order chi connectivity index (χ0) is 26.9. The van der Waals surface area contributed by atoms with Crippen LogP contribution in [-0.2, 0) is 15.3 Å². The summed E-state index contributed by atoms with van der Waals surface area (Å²) in [5.74, 6) is 0.431. The monoisotopic (exact) mass is 518 g/mol. The summed E-state index contributed by atoms with van der Waals surface area (Å²) in [6.45, 7) is 0. The number of para-hydroxylation sites is 2. The molecule has 5 aromatic rings. The second kappa shape index (κ2) is 9.83. The van der Waals surface area contributed by atoms with Crippen molar-refractivity contribution >= 4 is 34.3 Å². The van der Waals surface area contributed by atoms with Gasteiger partial charge in [0.2, 0.25) is 5.72 Å². The van der Waals surface area contributed by atoms with E-state index < -0.39 is 5.72 Å². The lowest BCUT2D eigenvalue weighted by Crippen LogP contribution is -2.55. The minimum atomic E-state index is -1.18. The minimum absolute atomic E-state index is 0.128. The van der Waals surface area contributed by atoms with E-state index in [1.54, 1.807) is 0 Å². The fraction of sp³-hybridized carbons (Fsp3) is 0.0556. The van der Waals surface area contributed by atoms with Crippen LogP contribution in [0.2, 0.25) is 0 Å². The van der Waals surface area contributed by atoms with Gasteiger partial charge in [-0.25, -0.2) is 0 Å². The third-order valence-corrected chi connectivity index (χ3v) is 7.49. The molecule has 1 atom stereocenters. The maximum atomic E-state index is 15.0. The van der Waals surface area contributed by atoms with Crippen LogP contribution in [0.15, 0.2) is 151 Å². The molecule has 2 heterocycles. The molecule has 0 saturated carbocycles. The van der Waals surface area contributed by atoms with Gasteiger partial charge >= 0.3 is 0 Å². The van der Waals surface area contributed by atoms with Crippen LogP contribution >= 0.6 is 0 Å². The molecule has 4 heteroatoms. The number of benzene rings is 5. The summed E-state index contributed by atoms with van der Waals surface area (Å²) < 4.78 is 7.28. The first-order valence-electron chi connectivity index (χ1n) is 13.4. The second-order valence-corrected chi connectivity index (χ2v) is 9.92. The van der Waals surface area contributed by atoms with Crippen molar-refractivity contribution in [3.8, 4) is 0 Å². The van der Waals surface area contributed by atoms with Crippen molar-refractivity contribution < 1.29 is 9.53 Å². The first-order chi connectivity index (χ1) is 19.7. The van der Waals surface area contributed by atoms with E-state index in [0.717, 1.165) is 33.7 Å². The number of amides is 1. The van der Waals surface area contributed by atoms with E-state index >= 15 is 4.79 Å². The molecule has 0 fully saturated rings. The number of anilines is 1. The number of rotatable bonds is 4. The lowest BCUT2D eigenvalue weighted by molar-refractivity contribution is -0.119. The van der Waals surface area contributed by atoms with E-state index in [1.807, 2.05) is 138 Å². The molecule has 192 valence electrons. The molecule has 1 unspecified atom stereocenters. The van der Waals surface area contributed by atoms with E-state index in [1.165, 1.54) is 0 Å². The highest BCUT2D eigenvalue weighted by molar-refractivity contribution is 6.33. The van der Waals surface area contributed by atoms with E-state index in [-0.39, 0.29) is 5.91 Å². The van der Waals surface area contributed by atoms with Crippen molar-refractivity contribution in [1.82, 2.24) is 0 Å². The topological polar surface area (TPSA) is 41.9 Å². The van der Waals surface area contributed by atoms with Gasteiger partial charge in [-0.05, 0) is 23.3 Å². The number of nitrogens with zero attached hydrogens (tertiary/aromatic N) is 2. The van der Waals surface area contributed by atoms with Crippen molar-refractivity contribution in [1.29, 1.82) is 0 Å². The SMILES string of the molecule is O=C1C(c2ccccc2)=C(c2ccccc2)OC2(c3ccccc3)CC(c3ccccc3)=Nc3ccccc3N12. The summed E-state index contributed by atoms with van der Waals surface area (Å²) in [5, 5.41) is 0. The Morgan fingerprint density at radius 2 is 1.12 bits per heavy atom. The van der Waals surface area contributed by atoms with Crippen LogP contribution in [0.5, 0.6) is 0 Å². The van der Waals surface area contributed by atoms with Crippen LogP contribution in [0.3, 0.4) is 0 Å². The Hall–Kier alpha value is -5.22. The van der Waals surface area contributed by atoms with Crippen molar-refractivity contribution in [3.63, 3.8) is 0 Å². The van der Waals surface area contributed by atoms with E-state index in [9.17, 15) is 0 Å². The van der Waals surface area contributed by atoms with Gasteiger partial charge in [0.15, 0.2) is 0 Å². The smallest absolute Gasteiger partial charge is 0.266 e. The Balaban J connectivity index is 1.56. The predicted octanol–water partition coefficient (Wildman–Crippen LogP) is 8.00. The maximum Gasteiger partial charge on any atom is 0.266 e. The molecule has 0 saturated heterocycles. The Morgan fingerprint density at radius 1 is 0.600 bits per heavy atom. The molecule has 0 aromatic heterocycles. The van der Waals surface area contributed by atoms with Gasteiger partial charge in [-0.2, -0.15) is 0 Å². The van der Waals surface area contributed by atoms with Crippen LogP contribution in [0.25, 0.3) is 11.3 Å². The standard InChI is InChI=1S/C36H26N2O2/c39-35-33(27-17-7-2-8-18-27)34(28-19-9-3-10-20-28)40-36(29-21-11-4-12-22-29)25-31(26-15-5-1-6-16-26)37-30-23-13-14-24-32(30)38(35)36/h1-24H,25H2. The highest BCUT2D eigenvalue weighted by atomic mass is 16.5. The second-order valence-electron chi connectivity index (χ2n) is 9.92. The summed E-state index contributed by atoms with van der Waals surface area (Å²) in [5.41, 5.74) is 5.16. The quantitative estimate of drug-likeness (QED) is 0.242. The van der Waals surface area contributed by atoms with Gasteiger partial charge in [0.25, 0.3) is 5.91 Å². The van der Waals surface area contributed by atoms with Gasteiger partial charge in [-0.15, -0.1) is 0 Å². The fourth-order valence-electron chi connectivity index (χ4n) is 5.66. The summed E-state index contributed by atoms with van der Waals surface area (Å²) in [4.78, 5) is 22.0. The Bertz CT molecular complexity index is 1750. The van der Waals surface area contributed by atoms with Gasteiger partial charge in [0.05, 0.1) is 29.1 Å². The van der Waals surface area contributed by atoms with Crippen LogP contribution in [0.4, 0.5) is 11.4 Å². The number of hydrogen-bond donors (Lipinski definition) is 0. The first-order valence-corrected chi connectivity index (χ1v) is 13.4. The van der Waals surface area contributed by atoms with E-state index in [0.29, 0.717) is 23.4 Å². The highest BCUT2D eigenvalue weighted by Gasteiger charge is 2.53. The van der Waals surface area contributed by atoms with Crippen molar-refractivity contribution in [2.24, 2.45) is 4.99 Å². The fourth-order valence-corrected chi connectivity index (χ4v) is 5.66. The molecule has 7 rings (SSSR count). The van der Waals surface area contributed by atoms with Crippen LogP contribution in [-0.4, -0.2) is 11.6 Å². The average Bonchev–Trinajstić information content (AvgIpc) is 3.18. The molecule has 0 N–H and O–H groups in total. The van der Waals surface area contributed by atoms with Gasteiger partial charge in [0.1, 0.15) is 5.76 Å². The molecular formula is C36H26N2O2. The van der Waals surface area contributed by atoms with E-state index in [4.69, 9.17) is 9.73 Å². The number of carbonyl (C=O) groups is 1. The van der Waals surface area contributed by atoms with Crippen LogP contribution < -0.4 is 4.90 Å². The summed E-state index contributed by atoms with van der Waals surface area (Å²) in [6, 6.07) is 47.7. The number of hydrogen-bond acceptors (Lipinski definition) is 3. The number of ether oxygens (including phenoxy) is 1. The molecule has 40 heavy (non-hydrogen) atoms. The molecule has 0 radical (unpaired) electrons. The third-order valence-electron chi connectivity index (χ3n) is 7.49. The molecule has 0 spiro atoms. The van der Waals surface area contributed by atoms with Crippen LogP contribution in [0, 0.1) is 0 Å². The number of carbonyl (C=O) groups excluding carboxylic acids is 1. The third kappa shape index (κ3) is 3.93. The van der Waals surface area contributed by atoms with Crippen LogP contribution in [0.1, 0.15) is 28.7 Å². The Labute approximate surface area is 233 Å². The molecule has 0 bridgehead atoms. The predicted molar refractivity (Wildman–Crippen MR) is 160 cm³/mol. The number of aliphatic imine (C=N–C) groups is 1. The maximum absolute atomic E-state index is 15.0. The largest absolute Gasteiger partial charge is 0.461 e. The van der Waals surface area contributed by atoms with Crippen molar-refractivity contribution in [3.05, 3.63) is 168 Å². The highest BCUT2D eigenvalue weighted by Crippen LogP contribution is 2.52. The lowest BCUT2D eigenvalue weighted by Gasteiger charge is -2.47. The van der Waals surface area contributed by atoms with Gasteiger partial charge in [-0.3, -0.25) is 14.7 Å². The zero-order valence-electron chi connectivity index (χ0n) is 21.8. The molecule has 2 aliphatic rings. The summed E-state index contributed by atoms with van der Waals surface area (Å²) in [6.07, 6.45) is 0.361. The molecule has 0 aliphatic carbocycles. The number of fused-ring (bicyclic) bond motifs is 3. The van der Waals surface area contributed by atoms with Gasteiger partial charge in [-0.1, -0.05) is 133 Å². The zero-order valence-corrected chi connectivity index (χ0v) is 21.8. The first kappa shape index (κ1) is 23.9. The Morgan fingerprint density at radius 3 is 1.77 bits per heavy atom. The molecule has 2 aliphatic heterocycles. The molecule has 4 nitrogen and oxygen atoms in total. The van der Waals surface area contributed by atoms with Gasteiger partial charge in [0, 0.05) is 11.1 Å². The lowest BCUT2D eigenvalue weighted by atomic mass is 9.87. The summed E-state index contributed by atoms with van der Waals surface area (Å²) in [7, 11) is 0. The minimum Gasteiger partial charge on any atom is -0.461 e. The van der Waals surface area contributed by atoms with Crippen molar-refractivity contribution in [2.75, 3.05) is 4.90 Å². The molecule has 5 aromatic carbocycles. The average molecular weight is 519 g/mol. The molecular weight excluding hydrogens is 492 g/mol.